The van der Waals surface area contributed by atoms with E-state index in [2.05, 4.69) is 0 Å². The first-order chi connectivity index (χ1) is 9.52. The maximum Gasteiger partial charge on any atom is 0.328 e. The second-order valence-electron chi connectivity index (χ2n) is 5.38. The fourth-order valence-corrected chi connectivity index (χ4v) is 2.83. The highest BCUT2D eigenvalue weighted by atomic mass is 16.5. The summed E-state index contributed by atoms with van der Waals surface area (Å²) in [6.07, 6.45) is 2.51. The number of amides is 2. The van der Waals surface area contributed by atoms with Crippen molar-refractivity contribution in [2.45, 2.75) is 31.7 Å². The third-order valence-electron chi connectivity index (χ3n) is 3.91. The van der Waals surface area contributed by atoms with Gasteiger partial charge in [-0.1, -0.05) is 0 Å². The number of rotatable bonds is 3. The molecule has 7 nitrogen and oxygen atoms in total. The van der Waals surface area contributed by atoms with Gasteiger partial charge in [-0.15, -0.1) is 0 Å². The number of hydrogen-bond donors (Lipinski definition) is 1. The Morgan fingerprint density at radius 3 is 2.55 bits per heavy atom. The number of ether oxygens (including phenoxy) is 1. The molecule has 0 radical (unpaired) electrons. The van der Waals surface area contributed by atoms with Crippen molar-refractivity contribution >= 4 is 18.0 Å². The number of esters is 1. The summed E-state index contributed by atoms with van der Waals surface area (Å²) in [6.45, 7) is 1.46. The Balaban J connectivity index is 1.91. The van der Waals surface area contributed by atoms with Crippen LogP contribution in [0.5, 0.6) is 0 Å². The van der Waals surface area contributed by atoms with Crippen LogP contribution in [0.25, 0.3) is 0 Å². The summed E-state index contributed by atoms with van der Waals surface area (Å²) in [5.41, 5.74) is 0. The fraction of sp³-hybridized carbons (Fsp3) is 0.769. The van der Waals surface area contributed by atoms with Crippen molar-refractivity contribution < 1.29 is 24.2 Å². The number of aliphatic carboxylic acids is 1. The van der Waals surface area contributed by atoms with E-state index < -0.39 is 12.0 Å². The molecule has 2 heterocycles. The quantitative estimate of drug-likeness (QED) is 0.764. The molecule has 2 aliphatic heterocycles. The highest BCUT2D eigenvalue weighted by Gasteiger charge is 2.39. The Kier molecular flexibility index (Phi) is 4.46. The molecule has 1 N–H and O–H groups in total. The van der Waals surface area contributed by atoms with E-state index in [9.17, 15) is 14.4 Å². The van der Waals surface area contributed by atoms with Gasteiger partial charge in [0, 0.05) is 25.6 Å². The van der Waals surface area contributed by atoms with Gasteiger partial charge in [-0.05, 0) is 19.3 Å². The molecule has 0 aromatic carbocycles. The first kappa shape index (κ1) is 14.6. The predicted molar refractivity (Wildman–Crippen MR) is 69.1 cm³/mol. The third kappa shape index (κ3) is 3.02. The van der Waals surface area contributed by atoms with Gasteiger partial charge in [0.2, 0.25) is 0 Å². The van der Waals surface area contributed by atoms with Crippen molar-refractivity contribution in [1.29, 1.82) is 0 Å². The number of carbonyl (C=O) groups is 3. The van der Waals surface area contributed by atoms with Gasteiger partial charge in [0.25, 0.3) is 0 Å². The van der Waals surface area contributed by atoms with Crippen LogP contribution in [0.15, 0.2) is 0 Å². The van der Waals surface area contributed by atoms with Crippen LogP contribution >= 0.6 is 0 Å². The molecular formula is C13H20N2O5. The molecule has 7 heteroatoms. The van der Waals surface area contributed by atoms with Crippen molar-refractivity contribution in [2.24, 2.45) is 5.92 Å². The van der Waals surface area contributed by atoms with Gasteiger partial charge in [0.1, 0.15) is 6.04 Å². The minimum Gasteiger partial charge on any atom is -0.481 e. The average Bonchev–Trinajstić information content (AvgIpc) is 2.40. The van der Waals surface area contributed by atoms with Gasteiger partial charge in [-0.25, -0.2) is 9.59 Å². The Labute approximate surface area is 117 Å². The molecule has 0 saturated carbocycles. The zero-order valence-electron chi connectivity index (χ0n) is 11.6. The third-order valence-corrected chi connectivity index (χ3v) is 3.91. The fourth-order valence-electron chi connectivity index (χ4n) is 2.83. The van der Waals surface area contributed by atoms with Crippen molar-refractivity contribution in [3.8, 4) is 0 Å². The van der Waals surface area contributed by atoms with E-state index in [-0.39, 0.29) is 24.3 Å². The molecule has 0 aromatic heterocycles. The lowest BCUT2D eigenvalue weighted by molar-refractivity contribution is -0.147. The molecule has 0 aromatic rings. The van der Waals surface area contributed by atoms with Crippen LogP contribution in [-0.4, -0.2) is 65.7 Å². The van der Waals surface area contributed by atoms with E-state index in [1.54, 1.807) is 9.80 Å². The topological polar surface area (TPSA) is 87.2 Å². The van der Waals surface area contributed by atoms with Gasteiger partial charge in [-0.2, -0.15) is 0 Å². The van der Waals surface area contributed by atoms with Crippen LogP contribution in [0.4, 0.5) is 4.79 Å². The predicted octanol–water partition coefficient (Wildman–Crippen LogP) is 0.540. The minimum absolute atomic E-state index is 0.0258. The summed E-state index contributed by atoms with van der Waals surface area (Å²) in [6, 6.07) is -0.679. The van der Waals surface area contributed by atoms with Gasteiger partial charge in [-0.3, -0.25) is 4.79 Å². The van der Waals surface area contributed by atoms with Gasteiger partial charge in [0.05, 0.1) is 13.5 Å². The summed E-state index contributed by atoms with van der Waals surface area (Å²) >= 11 is 0. The van der Waals surface area contributed by atoms with Crippen LogP contribution in [0.2, 0.25) is 0 Å². The molecular weight excluding hydrogens is 264 g/mol. The average molecular weight is 284 g/mol. The SMILES string of the molecule is COC(=O)C1CCCCN1C(=O)N1CC(CC(=O)O)C1. The standard InChI is InChI=1S/C13H20N2O5/c1-20-12(18)10-4-2-3-5-15(10)13(19)14-7-9(8-14)6-11(16)17/h9-10H,2-8H2,1H3,(H,16,17). The molecule has 20 heavy (non-hydrogen) atoms. The van der Waals surface area contributed by atoms with E-state index in [4.69, 9.17) is 9.84 Å². The smallest absolute Gasteiger partial charge is 0.328 e. The lowest BCUT2D eigenvalue weighted by atomic mass is 9.96. The summed E-state index contributed by atoms with van der Waals surface area (Å²) in [5, 5.41) is 8.69. The van der Waals surface area contributed by atoms with Crippen molar-refractivity contribution in [1.82, 2.24) is 9.80 Å². The zero-order valence-corrected chi connectivity index (χ0v) is 11.6. The van der Waals surface area contributed by atoms with Crippen LogP contribution < -0.4 is 0 Å². The number of carboxylic acids is 1. The van der Waals surface area contributed by atoms with Crippen LogP contribution in [-0.2, 0) is 14.3 Å². The molecule has 2 amide bonds. The van der Waals surface area contributed by atoms with E-state index in [0.717, 1.165) is 12.8 Å². The molecule has 2 saturated heterocycles. The van der Waals surface area contributed by atoms with Gasteiger partial charge in [0.15, 0.2) is 0 Å². The first-order valence-corrected chi connectivity index (χ1v) is 6.88. The Morgan fingerprint density at radius 1 is 1.25 bits per heavy atom. The number of carboxylic acid groups (broad SMARTS) is 1. The number of carbonyl (C=O) groups excluding carboxylic acids is 2. The largest absolute Gasteiger partial charge is 0.481 e. The summed E-state index contributed by atoms with van der Waals surface area (Å²) in [4.78, 5) is 37.8. The Hall–Kier alpha value is -1.79. The number of piperidine rings is 1. The second kappa shape index (κ2) is 6.11. The van der Waals surface area contributed by atoms with Crippen LogP contribution in [0.1, 0.15) is 25.7 Å². The van der Waals surface area contributed by atoms with E-state index in [0.29, 0.717) is 26.1 Å². The zero-order chi connectivity index (χ0) is 14.7. The first-order valence-electron chi connectivity index (χ1n) is 6.88. The maximum absolute atomic E-state index is 12.3. The lowest BCUT2D eigenvalue weighted by Gasteiger charge is -2.44. The molecule has 0 spiro atoms. The van der Waals surface area contributed by atoms with Crippen LogP contribution in [0, 0.1) is 5.92 Å². The molecule has 0 aliphatic carbocycles. The number of hydrogen-bond acceptors (Lipinski definition) is 4. The van der Waals surface area contributed by atoms with E-state index in [1.165, 1.54) is 7.11 Å². The maximum atomic E-state index is 12.3. The van der Waals surface area contributed by atoms with Crippen molar-refractivity contribution in [2.75, 3.05) is 26.7 Å². The van der Waals surface area contributed by atoms with Crippen molar-refractivity contribution in [3.63, 3.8) is 0 Å². The molecule has 2 rings (SSSR count). The van der Waals surface area contributed by atoms with E-state index >= 15 is 0 Å². The summed E-state index contributed by atoms with van der Waals surface area (Å²) < 4.78 is 4.75. The molecule has 1 unspecified atom stereocenters. The second-order valence-corrected chi connectivity index (χ2v) is 5.38. The molecule has 0 bridgehead atoms. The highest BCUT2D eigenvalue weighted by molar-refractivity contribution is 5.84. The normalized spacial score (nSPS) is 23.1. The summed E-state index contributed by atoms with van der Waals surface area (Å²) in [5.74, 6) is -1.19. The Morgan fingerprint density at radius 2 is 1.95 bits per heavy atom. The highest BCUT2D eigenvalue weighted by Crippen LogP contribution is 2.25. The molecule has 112 valence electrons. The van der Waals surface area contributed by atoms with Gasteiger partial charge < -0.3 is 19.6 Å². The Bertz CT molecular complexity index is 406. The number of methoxy groups -OCH3 is 1. The molecule has 2 aliphatic rings. The lowest BCUT2D eigenvalue weighted by Crippen LogP contribution is -2.59. The summed E-state index contributed by atoms with van der Waals surface area (Å²) in [7, 11) is 1.33. The van der Waals surface area contributed by atoms with Crippen molar-refractivity contribution in [3.05, 3.63) is 0 Å². The van der Waals surface area contributed by atoms with E-state index in [1.807, 2.05) is 0 Å². The van der Waals surface area contributed by atoms with Gasteiger partial charge >= 0.3 is 18.0 Å². The number of likely N-dealkylation sites (tertiary alicyclic amines) is 2. The molecule has 1 atom stereocenters. The molecule has 2 fully saturated rings. The monoisotopic (exact) mass is 284 g/mol. The van der Waals surface area contributed by atoms with Crippen LogP contribution in [0.3, 0.4) is 0 Å². The number of urea groups is 1. The minimum atomic E-state index is -0.840. The number of nitrogens with zero attached hydrogens (tertiary/aromatic N) is 2.